The molecule has 146 valence electrons. The van der Waals surface area contributed by atoms with E-state index < -0.39 is 28.6 Å². The number of methoxy groups -OCH3 is 2. The molecule has 2 atom stereocenters. The molecular weight excluding hydrogens is 356 g/mol. The maximum absolute atomic E-state index is 13.8. The fourth-order valence-corrected chi connectivity index (χ4v) is 4.36. The molecule has 5 nitrogen and oxygen atoms in total. The predicted octanol–water partition coefficient (Wildman–Crippen LogP) is 3.34. The van der Waals surface area contributed by atoms with Crippen LogP contribution in [-0.2, 0) is 29.3 Å². The van der Waals surface area contributed by atoms with E-state index >= 15 is 0 Å². The van der Waals surface area contributed by atoms with Gasteiger partial charge in [0.1, 0.15) is 0 Å². The van der Waals surface area contributed by atoms with E-state index in [1.807, 2.05) is 61.5 Å². The van der Waals surface area contributed by atoms with Crippen LogP contribution in [0.4, 0.5) is 0 Å². The van der Waals surface area contributed by atoms with Gasteiger partial charge in [0.25, 0.3) is 0 Å². The van der Waals surface area contributed by atoms with Crippen molar-refractivity contribution in [3.05, 3.63) is 71.3 Å². The van der Waals surface area contributed by atoms with E-state index in [4.69, 9.17) is 9.47 Å². The summed E-state index contributed by atoms with van der Waals surface area (Å²) in [5, 5.41) is 0. The minimum absolute atomic E-state index is 0.000427. The third kappa shape index (κ3) is 2.73. The van der Waals surface area contributed by atoms with Crippen LogP contribution in [0.1, 0.15) is 36.0 Å². The van der Waals surface area contributed by atoms with Gasteiger partial charge in [0.2, 0.25) is 5.41 Å². The van der Waals surface area contributed by atoms with Gasteiger partial charge >= 0.3 is 11.9 Å². The van der Waals surface area contributed by atoms with Crippen molar-refractivity contribution in [1.82, 2.24) is 0 Å². The van der Waals surface area contributed by atoms with E-state index in [2.05, 4.69) is 0 Å². The molecule has 0 amide bonds. The van der Waals surface area contributed by atoms with E-state index in [1.165, 1.54) is 14.2 Å². The molecule has 3 rings (SSSR count). The molecule has 0 unspecified atom stereocenters. The number of Topliss-reactive ketones (excluding diaryl/α,β-unsaturated/α-hetero) is 1. The van der Waals surface area contributed by atoms with Crippen molar-refractivity contribution in [2.75, 3.05) is 14.2 Å². The van der Waals surface area contributed by atoms with Crippen LogP contribution in [0, 0.1) is 12.3 Å². The fraction of sp³-hybridized carbons (Fsp3) is 0.348. The second-order valence-corrected chi connectivity index (χ2v) is 7.45. The molecule has 0 N–H and O–H groups in total. The average molecular weight is 380 g/mol. The molecule has 1 aliphatic carbocycles. The standard InChI is InChI=1S/C23H24O5/c1-15-10-12-17(13-11-15)22(2)18(16-8-6-5-7-9-16)14-23(19(22)24,20(25)27-3)21(26)28-4/h5-13,18H,14H2,1-4H3/t18-,22-/m1/s1. The Balaban J connectivity index is 2.27. The van der Waals surface area contributed by atoms with E-state index in [0.717, 1.165) is 16.7 Å². The first-order chi connectivity index (χ1) is 13.3. The van der Waals surface area contributed by atoms with E-state index in [1.54, 1.807) is 6.92 Å². The second-order valence-electron chi connectivity index (χ2n) is 7.45. The molecule has 0 heterocycles. The molecule has 0 aliphatic heterocycles. The van der Waals surface area contributed by atoms with Gasteiger partial charge in [-0.1, -0.05) is 60.2 Å². The number of esters is 2. The highest BCUT2D eigenvalue weighted by molar-refractivity contribution is 6.25. The van der Waals surface area contributed by atoms with Gasteiger partial charge in [-0.25, -0.2) is 0 Å². The zero-order valence-corrected chi connectivity index (χ0v) is 16.5. The summed E-state index contributed by atoms with van der Waals surface area (Å²) in [4.78, 5) is 39.3. The third-order valence-electron chi connectivity index (χ3n) is 5.99. The summed E-state index contributed by atoms with van der Waals surface area (Å²) in [7, 11) is 2.36. The molecule has 28 heavy (non-hydrogen) atoms. The Morgan fingerprint density at radius 2 is 1.46 bits per heavy atom. The van der Waals surface area contributed by atoms with Crippen molar-refractivity contribution >= 4 is 17.7 Å². The van der Waals surface area contributed by atoms with Crippen LogP contribution in [0.3, 0.4) is 0 Å². The Bertz CT molecular complexity index is 884. The van der Waals surface area contributed by atoms with Crippen LogP contribution >= 0.6 is 0 Å². The largest absolute Gasteiger partial charge is 0.468 e. The lowest BCUT2D eigenvalue weighted by Crippen LogP contribution is -2.49. The van der Waals surface area contributed by atoms with Crippen LogP contribution in [0.5, 0.6) is 0 Å². The Hall–Kier alpha value is -2.95. The van der Waals surface area contributed by atoms with E-state index in [9.17, 15) is 14.4 Å². The molecule has 2 aromatic rings. The SMILES string of the molecule is COC(=O)C1(C(=O)OC)C[C@H](c2ccccc2)[C@@](C)(c2ccc(C)cc2)C1=O. The summed E-state index contributed by atoms with van der Waals surface area (Å²) in [5.41, 5.74) is -0.373. The number of ether oxygens (including phenoxy) is 2. The van der Waals surface area contributed by atoms with Crippen LogP contribution in [-0.4, -0.2) is 31.9 Å². The van der Waals surface area contributed by atoms with Gasteiger partial charge in [-0.05, 0) is 31.4 Å². The number of carbonyl (C=O) groups is 3. The van der Waals surface area contributed by atoms with Gasteiger partial charge in [-0.3, -0.25) is 14.4 Å². The molecule has 0 spiro atoms. The highest BCUT2D eigenvalue weighted by Gasteiger charge is 2.69. The lowest BCUT2D eigenvalue weighted by atomic mass is 9.69. The molecular formula is C23H24O5. The predicted molar refractivity (Wildman–Crippen MR) is 104 cm³/mol. The first-order valence-corrected chi connectivity index (χ1v) is 9.16. The summed E-state index contributed by atoms with van der Waals surface area (Å²) in [6.45, 7) is 3.76. The van der Waals surface area contributed by atoms with E-state index in [-0.39, 0.29) is 12.3 Å². The highest BCUT2D eigenvalue weighted by atomic mass is 16.5. The zero-order valence-electron chi connectivity index (χ0n) is 16.5. The second kappa shape index (κ2) is 7.23. The van der Waals surface area contributed by atoms with Crippen molar-refractivity contribution in [2.24, 2.45) is 5.41 Å². The Kier molecular flexibility index (Phi) is 5.11. The van der Waals surface area contributed by atoms with Crippen LogP contribution in [0.25, 0.3) is 0 Å². The van der Waals surface area contributed by atoms with Crippen LogP contribution in [0.2, 0.25) is 0 Å². The summed E-state index contributed by atoms with van der Waals surface area (Å²) in [5.74, 6) is -2.62. The maximum Gasteiger partial charge on any atom is 0.330 e. The number of benzene rings is 2. The first kappa shape index (κ1) is 19.8. The van der Waals surface area contributed by atoms with Crippen molar-refractivity contribution in [1.29, 1.82) is 0 Å². The van der Waals surface area contributed by atoms with Gasteiger partial charge in [-0.15, -0.1) is 0 Å². The van der Waals surface area contributed by atoms with Crippen molar-refractivity contribution < 1.29 is 23.9 Å². The van der Waals surface area contributed by atoms with E-state index in [0.29, 0.717) is 0 Å². The molecule has 1 aliphatic rings. The van der Waals surface area contributed by atoms with Crippen LogP contribution in [0.15, 0.2) is 54.6 Å². The lowest BCUT2D eigenvalue weighted by Gasteiger charge is -2.31. The molecule has 0 radical (unpaired) electrons. The lowest BCUT2D eigenvalue weighted by molar-refractivity contribution is -0.171. The number of hydrogen-bond donors (Lipinski definition) is 0. The number of ketones is 1. The third-order valence-corrected chi connectivity index (χ3v) is 5.99. The van der Waals surface area contributed by atoms with Gasteiger partial charge in [0, 0.05) is 5.92 Å². The molecule has 5 heteroatoms. The van der Waals surface area contributed by atoms with Gasteiger partial charge in [-0.2, -0.15) is 0 Å². The number of aryl methyl sites for hydroxylation is 1. The number of rotatable bonds is 4. The van der Waals surface area contributed by atoms with Crippen molar-refractivity contribution in [3.8, 4) is 0 Å². The summed E-state index contributed by atoms with van der Waals surface area (Å²) >= 11 is 0. The van der Waals surface area contributed by atoms with Gasteiger partial charge < -0.3 is 9.47 Å². The molecule has 0 saturated heterocycles. The van der Waals surface area contributed by atoms with Crippen LogP contribution < -0.4 is 0 Å². The molecule has 0 aromatic heterocycles. The maximum atomic E-state index is 13.8. The van der Waals surface area contributed by atoms with Gasteiger partial charge in [0.05, 0.1) is 19.6 Å². The fourth-order valence-electron chi connectivity index (χ4n) is 4.36. The topological polar surface area (TPSA) is 69.7 Å². The smallest absolute Gasteiger partial charge is 0.330 e. The molecule has 0 bridgehead atoms. The normalized spacial score (nSPS) is 23.3. The minimum Gasteiger partial charge on any atom is -0.468 e. The molecule has 1 saturated carbocycles. The zero-order chi connectivity index (χ0) is 20.5. The quantitative estimate of drug-likeness (QED) is 0.601. The number of hydrogen-bond acceptors (Lipinski definition) is 5. The molecule has 1 fully saturated rings. The average Bonchev–Trinajstić information content (AvgIpc) is 2.97. The minimum atomic E-state index is -1.98. The molecule has 2 aromatic carbocycles. The summed E-state index contributed by atoms with van der Waals surface area (Å²) < 4.78 is 9.81. The highest BCUT2D eigenvalue weighted by Crippen LogP contribution is 2.57. The Morgan fingerprint density at radius 3 is 1.96 bits per heavy atom. The van der Waals surface area contributed by atoms with Gasteiger partial charge in [0.15, 0.2) is 5.78 Å². The monoisotopic (exact) mass is 380 g/mol. The Morgan fingerprint density at radius 1 is 0.929 bits per heavy atom. The first-order valence-electron chi connectivity index (χ1n) is 9.16. The van der Waals surface area contributed by atoms with Crippen molar-refractivity contribution in [3.63, 3.8) is 0 Å². The Labute approximate surface area is 164 Å². The van der Waals surface area contributed by atoms with Crippen molar-refractivity contribution in [2.45, 2.75) is 31.6 Å². The number of carbonyl (C=O) groups excluding carboxylic acids is 3. The summed E-state index contributed by atoms with van der Waals surface area (Å²) in [6, 6.07) is 17.1. The summed E-state index contributed by atoms with van der Waals surface area (Å²) in [6.07, 6.45) is -0.000427.